The van der Waals surface area contributed by atoms with Gasteiger partial charge in [0, 0.05) is 19.6 Å². The Kier molecular flexibility index (Phi) is 3.68. The van der Waals surface area contributed by atoms with Gasteiger partial charge in [-0.15, -0.1) is 10.2 Å². The Morgan fingerprint density at radius 1 is 1.26 bits per heavy atom. The maximum absolute atomic E-state index is 12.5. The average Bonchev–Trinajstić information content (AvgIpc) is 3.31. The van der Waals surface area contributed by atoms with Gasteiger partial charge in [0.15, 0.2) is 0 Å². The van der Waals surface area contributed by atoms with E-state index in [1.54, 1.807) is 0 Å². The SMILES string of the molecule is CCNc1nnc(C(=O)N(CC2CC2)CC2CC2)s1. The largest absolute Gasteiger partial charge is 0.360 e. The van der Waals surface area contributed by atoms with E-state index in [0.717, 1.165) is 36.6 Å². The van der Waals surface area contributed by atoms with Crippen LogP contribution in [-0.4, -0.2) is 40.6 Å². The lowest BCUT2D eigenvalue weighted by atomic mass is 10.3. The third-order valence-corrected chi connectivity index (χ3v) is 4.44. The number of rotatable bonds is 7. The highest BCUT2D eigenvalue weighted by Gasteiger charge is 2.32. The maximum atomic E-state index is 12.5. The van der Waals surface area contributed by atoms with Gasteiger partial charge in [0.05, 0.1) is 0 Å². The van der Waals surface area contributed by atoms with E-state index in [0.29, 0.717) is 5.01 Å². The normalized spacial score (nSPS) is 18.4. The van der Waals surface area contributed by atoms with Crippen molar-refractivity contribution < 1.29 is 4.79 Å². The molecule has 1 heterocycles. The van der Waals surface area contributed by atoms with Crippen molar-refractivity contribution in [2.24, 2.45) is 11.8 Å². The topological polar surface area (TPSA) is 58.1 Å². The van der Waals surface area contributed by atoms with E-state index in [9.17, 15) is 4.79 Å². The second-order valence-corrected chi connectivity index (χ2v) is 6.52. The van der Waals surface area contributed by atoms with E-state index < -0.39 is 0 Å². The fourth-order valence-corrected chi connectivity index (χ4v) is 2.91. The number of aromatic nitrogens is 2. The number of carbonyl (C=O) groups is 1. The van der Waals surface area contributed by atoms with Gasteiger partial charge < -0.3 is 10.2 Å². The first kappa shape index (κ1) is 12.8. The lowest BCUT2D eigenvalue weighted by molar-refractivity contribution is 0.0738. The minimum Gasteiger partial charge on any atom is -0.360 e. The average molecular weight is 280 g/mol. The van der Waals surface area contributed by atoms with Crippen LogP contribution >= 0.6 is 11.3 Å². The third-order valence-electron chi connectivity index (χ3n) is 3.57. The van der Waals surface area contributed by atoms with Crippen LogP contribution in [0.1, 0.15) is 42.4 Å². The Labute approximate surface area is 117 Å². The molecule has 19 heavy (non-hydrogen) atoms. The molecule has 1 N–H and O–H groups in total. The second-order valence-electron chi connectivity index (χ2n) is 5.54. The Balaban J connectivity index is 1.65. The molecule has 104 valence electrons. The van der Waals surface area contributed by atoms with E-state index in [2.05, 4.69) is 15.5 Å². The molecule has 2 saturated carbocycles. The monoisotopic (exact) mass is 280 g/mol. The van der Waals surface area contributed by atoms with Gasteiger partial charge in [-0.3, -0.25) is 4.79 Å². The molecule has 5 nitrogen and oxygen atoms in total. The smallest absolute Gasteiger partial charge is 0.284 e. The Morgan fingerprint density at radius 2 is 1.89 bits per heavy atom. The summed E-state index contributed by atoms with van der Waals surface area (Å²) in [7, 11) is 0. The number of carbonyl (C=O) groups excluding carboxylic acids is 1. The van der Waals surface area contributed by atoms with Crippen LogP contribution in [0.25, 0.3) is 0 Å². The van der Waals surface area contributed by atoms with Crippen LogP contribution in [0.5, 0.6) is 0 Å². The summed E-state index contributed by atoms with van der Waals surface area (Å²) < 4.78 is 0. The van der Waals surface area contributed by atoms with Crippen molar-refractivity contribution in [3.8, 4) is 0 Å². The minimum atomic E-state index is 0.0699. The van der Waals surface area contributed by atoms with Crippen molar-refractivity contribution in [3.05, 3.63) is 5.01 Å². The summed E-state index contributed by atoms with van der Waals surface area (Å²) in [4.78, 5) is 14.5. The zero-order valence-electron chi connectivity index (χ0n) is 11.3. The number of hydrogen-bond acceptors (Lipinski definition) is 5. The van der Waals surface area contributed by atoms with Crippen molar-refractivity contribution in [2.75, 3.05) is 25.0 Å². The highest BCUT2D eigenvalue weighted by molar-refractivity contribution is 7.17. The minimum absolute atomic E-state index is 0.0699. The number of amides is 1. The fourth-order valence-electron chi connectivity index (χ4n) is 2.13. The molecule has 3 rings (SSSR count). The quantitative estimate of drug-likeness (QED) is 0.832. The molecule has 6 heteroatoms. The Morgan fingerprint density at radius 3 is 2.42 bits per heavy atom. The zero-order chi connectivity index (χ0) is 13.2. The van der Waals surface area contributed by atoms with Gasteiger partial charge in [-0.2, -0.15) is 0 Å². The van der Waals surface area contributed by atoms with Crippen molar-refractivity contribution in [3.63, 3.8) is 0 Å². The van der Waals surface area contributed by atoms with Crippen molar-refractivity contribution in [2.45, 2.75) is 32.6 Å². The summed E-state index contributed by atoms with van der Waals surface area (Å²) in [5, 5.41) is 12.4. The molecular formula is C13H20N4OS. The third kappa shape index (κ3) is 3.43. The highest BCUT2D eigenvalue weighted by atomic mass is 32.1. The number of nitrogens with zero attached hydrogens (tertiary/aromatic N) is 3. The zero-order valence-corrected chi connectivity index (χ0v) is 12.1. The fraction of sp³-hybridized carbons (Fsp3) is 0.769. The number of anilines is 1. The molecule has 0 saturated heterocycles. The molecular weight excluding hydrogens is 260 g/mol. The number of nitrogens with one attached hydrogen (secondary N) is 1. The summed E-state index contributed by atoms with van der Waals surface area (Å²) in [5.74, 6) is 1.52. The van der Waals surface area contributed by atoms with Crippen LogP contribution in [0, 0.1) is 11.8 Å². The van der Waals surface area contributed by atoms with Crippen molar-refractivity contribution in [1.29, 1.82) is 0 Å². The van der Waals surface area contributed by atoms with Crippen molar-refractivity contribution >= 4 is 22.4 Å². The first-order valence-electron chi connectivity index (χ1n) is 7.13. The molecule has 2 aliphatic carbocycles. The van der Waals surface area contributed by atoms with Crippen LogP contribution in [0.4, 0.5) is 5.13 Å². The molecule has 0 spiro atoms. The first-order valence-corrected chi connectivity index (χ1v) is 7.94. The molecule has 0 unspecified atom stereocenters. The molecule has 2 fully saturated rings. The van der Waals surface area contributed by atoms with E-state index in [1.165, 1.54) is 37.0 Å². The summed E-state index contributed by atoms with van der Waals surface area (Å²) >= 11 is 1.36. The molecule has 0 bridgehead atoms. The van der Waals surface area contributed by atoms with Gasteiger partial charge in [0.1, 0.15) is 0 Å². The van der Waals surface area contributed by atoms with Gasteiger partial charge in [0.25, 0.3) is 5.91 Å². The van der Waals surface area contributed by atoms with E-state index in [4.69, 9.17) is 0 Å². The van der Waals surface area contributed by atoms with E-state index in [-0.39, 0.29) is 5.91 Å². The predicted octanol–water partition coefficient (Wildman–Crippen LogP) is 2.23. The van der Waals surface area contributed by atoms with Gasteiger partial charge >= 0.3 is 0 Å². The molecule has 1 amide bonds. The lowest BCUT2D eigenvalue weighted by Crippen LogP contribution is -2.34. The molecule has 0 aromatic carbocycles. The van der Waals surface area contributed by atoms with E-state index >= 15 is 0 Å². The van der Waals surface area contributed by atoms with Crippen LogP contribution in [0.15, 0.2) is 0 Å². The van der Waals surface area contributed by atoms with Gasteiger partial charge in [-0.25, -0.2) is 0 Å². The molecule has 1 aromatic rings. The highest BCUT2D eigenvalue weighted by Crippen LogP contribution is 2.34. The summed E-state index contributed by atoms with van der Waals surface area (Å²) in [6.07, 6.45) is 5.08. The molecule has 0 atom stereocenters. The summed E-state index contributed by atoms with van der Waals surface area (Å²) in [6.45, 7) is 4.63. The maximum Gasteiger partial charge on any atom is 0.284 e. The second kappa shape index (κ2) is 5.45. The van der Waals surface area contributed by atoms with Crippen molar-refractivity contribution in [1.82, 2.24) is 15.1 Å². The Hall–Kier alpha value is -1.17. The summed E-state index contributed by atoms with van der Waals surface area (Å²) in [5.41, 5.74) is 0. The van der Waals surface area contributed by atoms with Crippen LogP contribution < -0.4 is 5.32 Å². The Bertz CT molecular complexity index is 439. The van der Waals surface area contributed by atoms with Gasteiger partial charge in [-0.05, 0) is 44.4 Å². The van der Waals surface area contributed by atoms with Gasteiger partial charge in [-0.1, -0.05) is 11.3 Å². The van der Waals surface area contributed by atoms with Crippen LogP contribution in [-0.2, 0) is 0 Å². The van der Waals surface area contributed by atoms with Crippen LogP contribution in [0.3, 0.4) is 0 Å². The van der Waals surface area contributed by atoms with Crippen LogP contribution in [0.2, 0.25) is 0 Å². The predicted molar refractivity (Wildman–Crippen MR) is 75.4 cm³/mol. The van der Waals surface area contributed by atoms with E-state index in [1.807, 2.05) is 11.8 Å². The summed E-state index contributed by atoms with van der Waals surface area (Å²) in [6, 6.07) is 0. The molecule has 1 aromatic heterocycles. The molecule has 0 radical (unpaired) electrons. The molecule has 0 aliphatic heterocycles. The lowest BCUT2D eigenvalue weighted by Gasteiger charge is -2.21. The van der Waals surface area contributed by atoms with Gasteiger partial charge in [0.2, 0.25) is 10.1 Å². The standard InChI is InChI=1S/C13H20N4OS/c1-2-14-13-16-15-11(19-13)12(18)17(7-9-3-4-9)8-10-5-6-10/h9-10H,2-8H2,1H3,(H,14,16). The first-order chi connectivity index (χ1) is 9.26. The number of hydrogen-bond donors (Lipinski definition) is 1. The molecule has 2 aliphatic rings.